The summed E-state index contributed by atoms with van der Waals surface area (Å²) >= 11 is 0. The van der Waals surface area contributed by atoms with E-state index in [0.717, 1.165) is 24.8 Å². The fourth-order valence-corrected chi connectivity index (χ4v) is 1.48. The van der Waals surface area contributed by atoms with Gasteiger partial charge in [-0.3, -0.25) is 9.48 Å². The number of aryl methyl sites for hydroxylation is 3. The fraction of sp³-hybridized carbons (Fsp3) is 0.300. The Morgan fingerprint density at radius 3 is 3.07 bits per heavy atom. The number of aromatic nitrogens is 4. The van der Waals surface area contributed by atoms with E-state index in [-0.39, 0.29) is 0 Å². The summed E-state index contributed by atoms with van der Waals surface area (Å²) in [5, 5.41) is 4.08. The second-order valence-electron chi connectivity index (χ2n) is 3.37. The predicted octanol–water partition coefficient (Wildman–Crippen LogP) is 0.672. The van der Waals surface area contributed by atoms with Crippen LogP contribution in [0.2, 0.25) is 0 Å². The minimum Gasteiger partial charge on any atom is -0.328 e. The predicted molar refractivity (Wildman–Crippen MR) is 54.5 cm³/mol. The molecule has 0 radical (unpaired) electrons. The average Bonchev–Trinajstić information content (AvgIpc) is 2.83. The Bertz CT molecular complexity index is 457. The van der Waals surface area contributed by atoms with Crippen molar-refractivity contribution in [3.63, 3.8) is 0 Å². The molecule has 2 aromatic heterocycles. The first kappa shape index (κ1) is 9.64. The third-order valence-corrected chi connectivity index (χ3v) is 2.25. The highest BCUT2D eigenvalue weighted by atomic mass is 16.1. The molecule has 0 aliphatic rings. The molecule has 0 fully saturated rings. The van der Waals surface area contributed by atoms with Crippen LogP contribution in [0.3, 0.4) is 0 Å². The highest BCUT2D eigenvalue weighted by Gasteiger charge is 2.01. The molecule has 2 heterocycles. The molecule has 0 amide bonds. The molecule has 0 atom stereocenters. The van der Waals surface area contributed by atoms with Gasteiger partial charge in [-0.1, -0.05) is 0 Å². The molecule has 2 aromatic rings. The van der Waals surface area contributed by atoms with Gasteiger partial charge in [0.15, 0.2) is 12.1 Å². The van der Waals surface area contributed by atoms with Crippen molar-refractivity contribution < 1.29 is 4.79 Å². The third-order valence-electron chi connectivity index (χ3n) is 2.25. The van der Waals surface area contributed by atoms with Crippen LogP contribution in [0.4, 0.5) is 0 Å². The van der Waals surface area contributed by atoms with Crippen molar-refractivity contribution >= 4 is 6.29 Å². The molecular formula is C10H12N4O. The zero-order valence-electron chi connectivity index (χ0n) is 8.50. The van der Waals surface area contributed by atoms with Gasteiger partial charge in [0, 0.05) is 32.2 Å². The molecular weight excluding hydrogens is 192 g/mol. The van der Waals surface area contributed by atoms with Crippen LogP contribution in [-0.2, 0) is 20.0 Å². The maximum Gasteiger partial charge on any atom is 0.185 e. The summed E-state index contributed by atoms with van der Waals surface area (Å²) in [6, 6.07) is 0. The number of aldehydes is 1. The summed E-state index contributed by atoms with van der Waals surface area (Å²) in [6.45, 7) is 0.750. The summed E-state index contributed by atoms with van der Waals surface area (Å²) in [6.07, 6.45) is 8.86. The van der Waals surface area contributed by atoms with Crippen LogP contribution in [0, 0.1) is 0 Å². The molecule has 0 bridgehead atoms. The molecule has 0 unspecified atom stereocenters. The SMILES string of the molecule is Cn1cc(CCn2ccnc2C=O)cn1. The summed E-state index contributed by atoms with van der Waals surface area (Å²) in [7, 11) is 1.89. The monoisotopic (exact) mass is 204 g/mol. The number of carbonyl (C=O) groups is 1. The Morgan fingerprint density at radius 1 is 1.53 bits per heavy atom. The van der Waals surface area contributed by atoms with Crippen molar-refractivity contribution in [3.8, 4) is 0 Å². The lowest BCUT2D eigenvalue weighted by molar-refractivity contribution is 0.111. The van der Waals surface area contributed by atoms with E-state index in [1.807, 2.05) is 24.0 Å². The molecule has 15 heavy (non-hydrogen) atoms. The normalized spacial score (nSPS) is 10.5. The van der Waals surface area contributed by atoms with Gasteiger partial charge < -0.3 is 4.57 Å². The number of imidazole rings is 1. The van der Waals surface area contributed by atoms with Crippen molar-refractivity contribution in [3.05, 3.63) is 36.2 Å². The molecule has 0 spiro atoms. The lowest BCUT2D eigenvalue weighted by atomic mass is 10.2. The van der Waals surface area contributed by atoms with E-state index in [1.54, 1.807) is 17.1 Å². The molecule has 0 saturated heterocycles. The highest BCUT2D eigenvalue weighted by molar-refractivity contribution is 5.69. The minimum atomic E-state index is 0.471. The van der Waals surface area contributed by atoms with Crippen LogP contribution in [0.5, 0.6) is 0 Å². The topological polar surface area (TPSA) is 52.7 Å². The van der Waals surface area contributed by atoms with Crippen LogP contribution in [0.1, 0.15) is 16.2 Å². The van der Waals surface area contributed by atoms with Crippen LogP contribution in [0.15, 0.2) is 24.8 Å². The maximum atomic E-state index is 10.6. The van der Waals surface area contributed by atoms with Gasteiger partial charge in [0.05, 0.1) is 6.20 Å². The highest BCUT2D eigenvalue weighted by Crippen LogP contribution is 2.02. The molecule has 0 aliphatic carbocycles. The molecule has 5 nitrogen and oxygen atoms in total. The lowest BCUT2D eigenvalue weighted by Gasteiger charge is -2.01. The molecule has 78 valence electrons. The van der Waals surface area contributed by atoms with Gasteiger partial charge in [-0.2, -0.15) is 5.10 Å². The van der Waals surface area contributed by atoms with E-state index in [2.05, 4.69) is 10.1 Å². The van der Waals surface area contributed by atoms with Crippen molar-refractivity contribution in [2.75, 3.05) is 0 Å². The first-order chi connectivity index (χ1) is 7.29. The Labute approximate surface area is 87.4 Å². The van der Waals surface area contributed by atoms with Crippen LogP contribution in [0.25, 0.3) is 0 Å². The van der Waals surface area contributed by atoms with Gasteiger partial charge in [0.25, 0.3) is 0 Å². The number of carbonyl (C=O) groups excluding carboxylic acids is 1. The number of hydrogen-bond acceptors (Lipinski definition) is 3. The molecule has 5 heteroatoms. The largest absolute Gasteiger partial charge is 0.328 e. The minimum absolute atomic E-state index is 0.471. The van der Waals surface area contributed by atoms with Gasteiger partial charge in [0.2, 0.25) is 0 Å². The first-order valence-electron chi connectivity index (χ1n) is 4.73. The van der Waals surface area contributed by atoms with Gasteiger partial charge in [0.1, 0.15) is 0 Å². The second-order valence-corrected chi connectivity index (χ2v) is 3.37. The van der Waals surface area contributed by atoms with Crippen molar-refractivity contribution in [2.24, 2.45) is 7.05 Å². The van der Waals surface area contributed by atoms with Gasteiger partial charge >= 0.3 is 0 Å². The summed E-state index contributed by atoms with van der Waals surface area (Å²) in [4.78, 5) is 14.5. The third kappa shape index (κ3) is 2.12. The average molecular weight is 204 g/mol. The summed E-state index contributed by atoms with van der Waals surface area (Å²) in [5.41, 5.74) is 1.16. The second kappa shape index (κ2) is 4.08. The molecule has 0 aromatic carbocycles. The molecule has 0 saturated carbocycles. The lowest BCUT2D eigenvalue weighted by Crippen LogP contribution is -2.04. The van der Waals surface area contributed by atoms with E-state index >= 15 is 0 Å². The van der Waals surface area contributed by atoms with E-state index in [9.17, 15) is 4.79 Å². The first-order valence-corrected chi connectivity index (χ1v) is 4.73. The summed E-state index contributed by atoms with van der Waals surface area (Å²) < 4.78 is 3.60. The fourth-order valence-electron chi connectivity index (χ4n) is 1.48. The Balaban J connectivity index is 2.01. The summed E-state index contributed by atoms with van der Waals surface area (Å²) in [5.74, 6) is 0.471. The van der Waals surface area contributed by atoms with Crippen molar-refractivity contribution in [1.82, 2.24) is 19.3 Å². The maximum absolute atomic E-state index is 10.6. The number of rotatable bonds is 4. The van der Waals surface area contributed by atoms with Crippen LogP contribution >= 0.6 is 0 Å². The molecule has 0 N–H and O–H groups in total. The number of nitrogens with zero attached hydrogens (tertiary/aromatic N) is 4. The Morgan fingerprint density at radius 2 is 2.40 bits per heavy atom. The zero-order chi connectivity index (χ0) is 10.7. The van der Waals surface area contributed by atoms with E-state index in [0.29, 0.717) is 5.82 Å². The van der Waals surface area contributed by atoms with Crippen LogP contribution in [-0.4, -0.2) is 25.6 Å². The standard InChI is InChI=1S/C10H12N4O/c1-13-7-9(6-12-13)2-4-14-5-3-11-10(14)8-15/h3,5-8H,2,4H2,1H3. The number of hydrogen-bond donors (Lipinski definition) is 0. The van der Waals surface area contributed by atoms with Crippen molar-refractivity contribution in [2.45, 2.75) is 13.0 Å². The van der Waals surface area contributed by atoms with Gasteiger partial charge in [-0.05, 0) is 12.0 Å². The smallest absolute Gasteiger partial charge is 0.185 e. The van der Waals surface area contributed by atoms with E-state index in [4.69, 9.17) is 0 Å². The van der Waals surface area contributed by atoms with Gasteiger partial charge in [-0.25, -0.2) is 4.98 Å². The Kier molecular flexibility index (Phi) is 2.62. The van der Waals surface area contributed by atoms with Gasteiger partial charge in [-0.15, -0.1) is 0 Å². The van der Waals surface area contributed by atoms with Crippen LogP contribution < -0.4 is 0 Å². The zero-order valence-corrected chi connectivity index (χ0v) is 8.50. The Hall–Kier alpha value is -1.91. The molecule has 0 aliphatic heterocycles. The molecule has 2 rings (SSSR count). The van der Waals surface area contributed by atoms with E-state index < -0.39 is 0 Å². The van der Waals surface area contributed by atoms with Crippen molar-refractivity contribution in [1.29, 1.82) is 0 Å². The quantitative estimate of drug-likeness (QED) is 0.688. The van der Waals surface area contributed by atoms with E-state index in [1.165, 1.54) is 0 Å².